The van der Waals surface area contributed by atoms with Gasteiger partial charge >= 0.3 is 0 Å². The van der Waals surface area contributed by atoms with Crippen LogP contribution < -0.4 is 10.2 Å². The van der Waals surface area contributed by atoms with Gasteiger partial charge in [-0.25, -0.2) is 18.3 Å². The number of rotatable bonds is 6. The van der Waals surface area contributed by atoms with Crippen molar-refractivity contribution in [1.82, 2.24) is 10.2 Å². The molecular weight excluding hydrogens is 415 g/mol. The number of hydrogen-bond acceptors (Lipinski definition) is 5. The quantitative estimate of drug-likeness (QED) is 0.414. The number of hydroxylamine groups is 1. The average molecular weight is 429 g/mol. The Labute approximate surface area is 163 Å². The molecule has 1 heterocycles. The Morgan fingerprint density at radius 2 is 2.00 bits per heavy atom. The summed E-state index contributed by atoms with van der Waals surface area (Å²) in [4.78, 5) is 12.0. The van der Waals surface area contributed by atoms with Crippen molar-refractivity contribution in [3.63, 3.8) is 0 Å². The number of amides is 1. The van der Waals surface area contributed by atoms with Gasteiger partial charge in [0.05, 0.1) is 10.8 Å². The Bertz CT molecular complexity index is 1100. The second-order valence-corrected chi connectivity index (χ2v) is 8.86. The fourth-order valence-electron chi connectivity index (χ4n) is 2.58. The van der Waals surface area contributed by atoms with Crippen LogP contribution in [-0.2, 0) is 20.6 Å². The lowest BCUT2D eigenvalue weighted by molar-refractivity contribution is -0.131. The summed E-state index contributed by atoms with van der Waals surface area (Å²) in [5.74, 6) is -2.10. The molecule has 142 valence electrons. The van der Waals surface area contributed by atoms with Crippen LogP contribution in [0, 0.1) is 5.82 Å². The van der Waals surface area contributed by atoms with Crippen molar-refractivity contribution >= 4 is 49.0 Å². The maximum absolute atomic E-state index is 13.4. The van der Waals surface area contributed by atoms with Crippen LogP contribution in [0.4, 0.5) is 4.39 Å². The highest BCUT2D eigenvalue weighted by molar-refractivity contribution is 7.88. The lowest BCUT2D eigenvalue weighted by Gasteiger charge is -2.18. The van der Waals surface area contributed by atoms with Crippen LogP contribution in [-0.4, -0.2) is 19.5 Å². The second-order valence-electron chi connectivity index (χ2n) is 5.75. The van der Waals surface area contributed by atoms with Crippen molar-refractivity contribution in [2.75, 3.05) is 0 Å². The van der Waals surface area contributed by atoms with Crippen LogP contribution in [0.5, 0.6) is 0 Å². The zero-order valence-corrected chi connectivity index (χ0v) is 16.0. The predicted molar refractivity (Wildman–Crippen MR) is 102 cm³/mol. The summed E-state index contributed by atoms with van der Waals surface area (Å²) < 4.78 is 41.7. The smallest absolute Gasteiger partial charge is 0.266 e. The van der Waals surface area contributed by atoms with Gasteiger partial charge in [0, 0.05) is 4.70 Å². The molecule has 6 nitrogen and oxygen atoms in total. The molecule has 3 N–H and O–H groups in total. The molecule has 10 heteroatoms. The molecule has 0 aliphatic heterocycles. The molecule has 0 fully saturated rings. The van der Waals surface area contributed by atoms with E-state index in [4.69, 9.17) is 16.8 Å². The number of nitrogens with one attached hydrogen (secondary N) is 2. The molecule has 1 aromatic heterocycles. The highest BCUT2D eigenvalue weighted by Gasteiger charge is 2.27. The third kappa shape index (κ3) is 4.63. The van der Waals surface area contributed by atoms with Crippen LogP contribution in [0.3, 0.4) is 0 Å². The normalized spacial score (nSPS) is 12.9. The minimum atomic E-state index is -3.97. The summed E-state index contributed by atoms with van der Waals surface area (Å²) in [7, 11) is -3.97. The molecule has 0 radical (unpaired) electrons. The van der Waals surface area contributed by atoms with Gasteiger partial charge in [0.1, 0.15) is 11.9 Å². The first kappa shape index (κ1) is 19.7. The minimum Gasteiger partial charge on any atom is -0.289 e. The maximum atomic E-state index is 13.4. The van der Waals surface area contributed by atoms with Crippen molar-refractivity contribution in [2.45, 2.75) is 11.8 Å². The van der Waals surface area contributed by atoms with E-state index >= 15 is 0 Å². The molecule has 1 amide bonds. The zero-order valence-electron chi connectivity index (χ0n) is 13.6. The van der Waals surface area contributed by atoms with Gasteiger partial charge in [-0.3, -0.25) is 10.0 Å². The Morgan fingerprint density at radius 3 is 2.70 bits per heavy atom. The van der Waals surface area contributed by atoms with E-state index in [1.807, 2.05) is 17.5 Å². The number of thiophene rings is 1. The van der Waals surface area contributed by atoms with E-state index < -0.39 is 27.8 Å². The molecule has 0 saturated heterocycles. The molecular formula is C17H14ClFN2O4S2. The lowest BCUT2D eigenvalue weighted by Crippen LogP contribution is -2.39. The monoisotopic (exact) mass is 428 g/mol. The van der Waals surface area contributed by atoms with Gasteiger partial charge in [-0.1, -0.05) is 23.7 Å². The Balaban J connectivity index is 1.86. The van der Waals surface area contributed by atoms with Crippen molar-refractivity contribution in [2.24, 2.45) is 0 Å². The molecule has 1 atom stereocenters. The molecule has 0 aliphatic rings. The summed E-state index contributed by atoms with van der Waals surface area (Å²) >= 11 is 7.25. The van der Waals surface area contributed by atoms with Gasteiger partial charge in [-0.15, -0.1) is 11.3 Å². The van der Waals surface area contributed by atoms with E-state index in [9.17, 15) is 17.6 Å². The SMILES string of the molecule is O=C(NO)[C@H](NS(=O)(=O)Cc1ccc2sccc2c1)c1ccc(F)c(Cl)c1. The van der Waals surface area contributed by atoms with E-state index in [1.165, 1.54) is 11.5 Å². The molecule has 3 aromatic rings. The van der Waals surface area contributed by atoms with E-state index in [-0.39, 0.29) is 16.3 Å². The third-order valence-electron chi connectivity index (χ3n) is 3.82. The van der Waals surface area contributed by atoms with E-state index in [0.717, 1.165) is 22.2 Å². The summed E-state index contributed by atoms with van der Waals surface area (Å²) in [6.07, 6.45) is 0. The van der Waals surface area contributed by atoms with Gasteiger partial charge in [-0.2, -0.15) is 4.72 Å². The fraction of sp³-hybridized carbons (Fsp3) is 0.118. The average Bonchev–Trinajstić information content (AvgIpc) is 3.09. The number of carbonyl (C=O) groups excluding carboxylic acids is 1. The summed E-state index contributed by atoms with van der Waals surface area (Å²) in [5.41, 5.74) is 2.03. The Kier molecular flexibility index (Phi) is 5.78. The molecule has 2 aromatic carbocycles. The highest BCUT2D eigenvalue weighted by Crippen LogP contribution is 2.24. The largest absolute Gasteiger partial charge is 0.289 e. The van der Waals surface area contributed by atoms with Gasteiger partial charge in [0.25, 0.3) is 5.91 Å². The molecule has 27 heavy (non-hydrogen) atoms. The van der Waals surface area contributed by atoms with Crippen LogP contribution in [0.25, 0.3) is 10.1 Å². The minimum absolute atomic E-state index is 0.0878. The fourth-order valence-corrected chi connectivity index (χ4v) is 4.84. The first-order chi connectivity index (χ1) is 12.8. The number of hydrogen-bond donors (Lipinski definition) is 3. The van der Waals surface area contributed by atoms with Gasteiger partial charge in [-0.05, 0) is 52.2 Å². The van der Waals surface area contributed by atoms with Crippen LogP contribution in [0.15, 0.2) is 47.8 Å². The highest BCUT2D eigenvalue weighted by atomic mass is 35.5. The molecule has 0 saturated carbocycles. The molecule has 3 rings (SSSR count). The molecule has 0 bridgehead atoms. The third-order valence-corrected chi connectivity index (χ3v) is 6.32. The molecule has 0 spiro atoms. The lowest BCUT2D eigenvalue weighted by atomic mass is 10.1. The predicted octanol–water partition coefficient (Wildman–Crippen LogP) is 3.36. The van der Waals surface area contributed by atoms with E-state index in [2.05, 4.69) is 4.72 Å². The van der Waals surface area contributed by atoms with Crippen LogP contribution >= 0.6 is 22.9 Å². The summed E-state index contributed by atoms with van der Waals surface area (Å²) in [5, 5.41) is 11.5. The van der Waals surface area contributed by atoms with Crippen LogP contribution in [0.2, 0.25) is 5.02 Å². The first-order valence-corrected chi connectivity index (χ1v) is 10.5. The standard InChI is InChI=1S/C17H14ClFN2O4S2/c18-13-8-12(2-3-14(13)19)16(17(22)20-23)21-27(24,25)9-10-1-4-15-11(7-10)5-6-26-15/h1-8,16,21,23H,9H2,(H,20,22)/t16-/m1/s1. The summed E-state index contributed by atoms with van der Waals surface area (Å²) in [6.45, 7) is 0. The maximum Gasteiger partial charge on any atom is 0.266 e. The summed E-state index contributed by atoms with van der Waals surface area (Å²) in [6, 6.07) is 9.01. The van der Waals surface area contributed by atoms with Crippen molar-refractivity contribution in [3.05, 3.63) is 69.8 Å². The second kappa shape index (κ2) is 7.91. The van der Waals surface area contributed by atoms with Crippen molar-refractivity contribution in [3.8, 4) is 0 Å². The van der Waals surface area contributed by atoms with Crippen LogP contribution in [0.1, 0.15) is 17.2 Å². The Hall–Kier alpha value is -2.04. The van der Waals surface area contributed by atoms with E-state index in [0.29, 0.717) is 5.56 Å². The van der Waals surface area contributed by atoms with Crippen molar-refractivity contribution < 1.29 is 22.8 Å². The Morgan fingerprint density at radius 1 is 1.22 bits per heavy atom. The van der Waals surface area contributed by atoms with E-state index in [1.54, 1.807) is 23.5 Å². The zero-order chi connectivity index (χ0) is 19.6. The number of benzene rings is 2. The number of sulfonamides is 1. The van der Waals surface area contributed by atoms with Crippen molar-refractivity contribution in [1.29, 1.82) is 0 Å². The van der Waals surface area contributed by atoms with Gasteiger partial charge in [0.15, 0.2) is 0 Å². The van der Waals surface area contributed by atoms with Gasteiger partial charge < -0.3 is 0 Å². The first-order valence-electron chi connectivity index (χ1n) is 7.64. The number of fused-ring (bicyclic) bond motifs is 1. The van der Waals surface area contributed by atoms with Gasteiger partial charge in [0.2, 0.25) is 10.0 Å². The topological polar surface area (TPSA) is 95.5 Å². The number of carbonyl (C=O) groups is 1. The molecule has 0 aliphatic carbocycles. The molecule has 0 unspecified atom stereocenters. The number of halogens is 2.